The van der Waals surface area contributed by atoms with Crippen molar-refractivity contribution in [1.29, 1.82) is 0 Å². The molecule has 1 aliphatic carbocycles. The van der Waals surface area contributed by atoms with Gasteiger partial charge in [-0.25, -0.2) is 0 Å². The van der Waals surface area contributed by atoms with E-state index in [0.717, 1.165) is 17.6 Å². The summed E-state index contributed by atoms with van der Waals surface area (Å²) in [6.45, 7) is 5.56. The summed E-state index contributed by atoms with van der Waals surface area (Å²) in [7, 11) is 0. The predicted octanol–water partition coefficient (Wildman–Crippen LogP) is 2.61. The molecule has 0 aromatic rings. The van der Waals surface area contributed by atoms with Crippen LogP contribution in [0.5, 0.6) is 0 Å². The number of allylic oxidation sites excluding steroid dienone is 5. The molecular formula is C11H13O. The second kappa shape index (κ2) is 4.05. The summed E-state index contributed by atoms with van der Waals surface area (Å²) in [6.07, 6.45) is 8.86. The van der Waals surface area contributed by atoms with Gasteiger partial charge in [-0.1, -0.05) is 30.4 Å². The van der Waals surface area contributed by atoms with Crippen molar-refractivity contribution >= 4 is 5.78 Å². The summed E-state index contributed by atoms with van der Waals surface area (Å²) in [5, 5.41) is 0. The van der Waals surface area contributed by atoms with Crippen LogP contribution < -0.4 is 0 Å². The quantitative estimate of drug-likeness (QED) is 0.581. The van der Waals surface area contributed by atoms with Crippen molar-refractivity contribution in [2.24, 2.45) is 0 Å². The second-order valence-corrected chi connectivity index (χ2v) is 2.86. The van der Waals surface area contributed by atoms with Gasteiger partial charge in [-0.3, -0.25) is 4.79 Å². The Morgan fingerprint density at radius 3 is 2.92 bits per heavy atom. The molecular weight excluding hydrogens is 148 g/mol. The van der Waals surface area contributed by atoms with Crippen LogP contribution in [0.25, 0.3) is 0 Å². The summed E-state index contributed by atoms with van der Waals surface area (Å²) in [5.74, 6) is 0.265. The van der Waals surface area contributed by atoms with Crippen molar-refractivity contribution in [3.63, 3.8) is 0 Å². The highest BCUT2D eigenvalue weighted by Gasteiger charge is 2.18. The highest BCUT2D eigenvalue weighted by atomic mass is 16.1. The molecule has 0 amide bonds. The molecule has 12 heavy (non-hydrogen) atoms. The molecule has 0 spiro atoms. The Bertz CT molecular complexity index is 256. The SMILES string of the molecule is C=C/C=C/CC1=C(C)[CH]CC1=O. The first-order valence-electron chi connectivity index (χ1n) is 4.09. The van der Waals surface area contributed by atoms with E-state index in [1.807, 2.05) is 25.5 Å². The van der Waals surface area contributed by atoms with Gasteiger partial charge in [-0.05, 0) is 25.3 Å². The average molecular weight is 161 g/mol. The van der Waals surface area contributed by atoms with Crippen LogP contribution in [-0.2, 0) is 4.79 Å². The highest BCUT2D eigenvalue weighted by Crippen LogP contribution is 2.23. The Kier molecular flexibility index (Phi) is 3.03. The Morgan fingerprint density at radius 1 is 1.67 bits per heavy atom. The fraction of sp³-hybridized carbons (Fsp3) is 0.273. The summed E-state index contributed by atoms with van der Waals surface area (Å²) in [5.41, 5.74) is 2.09. The van der Waals surface area contributed by atoms with E-state index in [0.29, 0.717) is 6.42 Å². The minimum Gasteiger partial charge on any atom is -0.295 e. The number of ketones is 1. The van der Waals surface area contributed by atoms with E-state index in [9.17, 15) is 4.79 Å². The third-order valence-corrected chi connectivity index (χ3v) is 2.00. The molecule has 0 heterocycles. The maximum absolute atomic E-state index is 11.2. The maximum atomic E-state index is 11.2. The number of hydrogen-bond acceptors (Lipinski definition) is 1. The molecule has 0 atom stereocenters. The minimum atomic E-state index is 0.265. The number of hydrogen-bond donors (Lipinski definition) is 0. The molecule has 1 aliphatic rings. The van der Waals surface area contributed by atoms with Gasteiger partial charge < -0.3 is 0 Å². The number of Topliss-reactive ketones (excluding diaryl/α,β-unsaturated/α-hetero) is 1. The summed E-state index contributed by atoms with van der Waals surface area (Å²) >= 11 is 0. The zero-order valence-electron chi connectivity index (χ0n) is 7.34. The smallest absolute Gasteiger partial charge is 0.159 e. The van der Waals surface area contributed by atoms with Crippen LogP contribution in [0.3, 0.4) is 0 Å². The normalized spacial score (nSPS) is 17.9. The maximum Gasteiger partial charge on any atom is 0.159 e. The lowest BCUT2D eigenvalue weighted by molar-refractivity contribution is -0.114. The number of carbonyl (C=O) groups is 1. The van der Waals surface area contributed by atoms with Gasteiger partial charge in [0.15, 0.2) is 5.78 Å². The van der Waals surface area contributed by atoms with Crippen LogP contribution in [0.15, 0.2) is 36.0 Å². The summed E-state index contributed by atoms with van der Waals surface area (Å²) in [6, 6.07) is 0. The minimum absolute atomic E-state index is 0.265. The lowest BCUT2D eigenvalue weighted by Crippen LogP contribution is -1.94. The Hall–Kier alpha value is -1.11. The molecule has 0 aliphatic heterocycles. The van der Waals surface area contributed by atoms with E-state index in [1.165, 1.54) is 0 Å². The van der Waals surface area contributed by atoms with E-state index in [1.54, 1.807) is 6.08 Å². The monoisotopic (exact) mass is 161 g/mol. The molecule has 0 N–H and O–H groups in total. The Balaban J connectivity index is 2.61. The molecule has 1 nitrogen and oxygen atoms in total. The third-order valence-electron chi connectivity index (χ3n) is 2.00. The van der Waals surface area contributed by atoms with Crippen molar-refractivity contribution in [3.05, 3.63) is 42.4 Å². The fourth-order valence-electron chi connectivity index (χ4n) is 1.27. The van der Waals surface area contributed by atoms with E-state index in [-0.39, 0.29) is 5.78 Å². The van der Waals surface area contributed by atoms with Gasteiger partial charge in [0.1, 0.15) is 0 Å². The van der Waals surface area contributed by atoms with Gasteiger partial charge >= 0.3 is 0 Å². The van der Waals surface area contributed by atoms with Crippen LogP contribution in [0, 0.1) is 6.42 Å². The van der Waals surface area contributed by atoms with Crippen molar-refractivity contribution < 1.29 is 4.79 Å². The van der Waals surface area contributed by atoms with Gasteiger partial charge in [0.25, 0.3) is 0 Å². The van der Waals surface area contributed by atoms with Gasteiger partial charge in [0, 0.05) is 6.42 Å². The van der Waals surface area contributed by atoms with E-state index >= 15 is 0 Å². The molecule has 1 radical (unpaired) electrons. The van der Waals surface area contributed by atoms with E-state index in [4.69, 9.17) is 0 Å². The average Bonchev–Trinajstić information content (AvgIpc) is 2.35. The van der Waals surface area contributed by atoms with Gasteiger partial charge in [0.2, 0.25) is 0 Å². The molecule has 1 heteroatoms. The van der Waals surface area contributed by atoms with E-state index in [2.05, 4.69) is 6.58 Å². The number of carbonyl (C=O) groups excluding carboxylic acids is 1. The van der Waals surface area contributed by atoms with Crippen molar-refractivity contribution in [3.8, 4) is 0 Å². The van der Waals surface area contributed by atoms with Crippen LogP contribution >= 0.6 is 0 Å². The lowest BCUT2D eigenvalue weighted by atomic mass is 10.1. The molecule has 0 saturated carbocycles. The molecule has 0 bridgehead atoms. The zero-order chi connectivity index (χ0) is 8.97. The largest absolute Gasteiger partial charge is 0.295 e. The topological polar surface area (TPSA) is 17.1 Å². The second-order valence-electron chi connectivity index (χ2n) is 2.86. The molecule has 1 rings (SSSR count). The zero-order valence-corrected chi connectivity index (χ0v) is 7.34. The van der Waals surface area contributed by atoms with Crippen molar-refractivity contribution in [1.82, 2.24) is 0 Å². The molecule has 0 unspecified atom stereocenters. The Labute approximate surface area is 73.5 Å². The lowest BCUT2D eigenvalue weighted by Gasteiger charge is -1.95. The Morgan fingerprint density at radius 2 is 2.42 bits per heavy atom. The molecule has 0 aromatic carbocycles. The van der Waals surface area contributed by atoms with Crippen LogP contribution in [-0.4, -0.2) is 5.78 Å². The molecule has 0 aromatic heterocycles. The highest BCUT2D eigenvalue weighted by molar-refractivity contribution is 6.00. The van der Waals surface area contributed by atoms with Crippen LogP contribution in [0.1, 0.15) is 19.8 Å². The van der Waals surface area contributed by atoms with Crippen molar-refractivity contribution in [2.45, 2.75) is 19.8 Å². The van der Waals surface area contributed by atoms with Gasteiger partial charge in [0.05, 0.1) is 0 Å². The third kappa shape index (κ3) is 1.94. The van der Waals surface area contributed by atoms with Gasteiger partial charge in [-0.15, -0.1) is 0 Å². The van der Waals surface area contributed by atoms with Crippen molar-refractivity contribution in [2.75, 3.05) is 0 Å². The summed E-state index contributed by atoms with van der Waals surface area (Å²) in [4.78, 5) is 11.2. The molecule has 63 valence electrons. The summed E-state index contributed by atoms with van der Waals surface area (Å²) < 4.78 is 0. The standard InChI is InChI=1S/C11H13O/c1-3-4-5-6-10-9(2)7-8-11(10)12/h3-5,7H,1,6,8H2,2H3/b5-4+. The molecule has 0 saturated heterocycles. The molecule has 0 fully saturated rings. The first kappa shape index (κ1) is 8.98. The first-order chi connectivity index (χ1) is 5.75. The fourth-order valence-corrected chi connectivity index (χ4v) is 1.27. The van der Waals surface area contributed by atoms with Crippen LogP contribution in [0.2, 0.25) is 0 Å². The van der Waals surface area contributed by atoms with Crippen LogP contribution in [0.4, 0.5) is 0 Å². The van der Waals surface area contributed by atoms with E-state index < -0.39 is 0 Å². The van der Waals surface area contributed by atoms with Gasteiger partial charge in [-0.2, -0.15) is 0 Å². The first-order valence-corrected chi connectivity index (χ1v) is 4.09. The number of rotatable bonds is 3. The predicted molar refractivity (Wildman–Crippen MR) is 50.6 cm³/mol.